The van der Waals surface area contributed by atoms with Gasteiger partial charge in [-0.2, -0.15) is 5.10 Å². The maximum Gasteiger partial charge on any atom is 0.272 e. The van der Waals surface area contributed by atoms with E-state index in [2.05, 4.69) is 10.00 Å². The molecule has 4 heterocycles. The van der Waals surface area contributed by atoms with E-state index in [4.69, 9.17) is 9.57 Å². The number of carbonyl (C=O) groups excluding carboxylic acids is 1. The van der Waals surface area contributed by atoms with Crippen molar-refractivity contribution in [1.82, 2.24) is 19.7 Å². The van der Waals surface area contributed by atoms with E-state index in [9.17, 15) is 4.79 Å². The van der Waals surface area contributed by atoms with Crippen molar-refractivity contribution in [1.29, 1.82) is 0 Å². The number of fused-ring (bicyclic) bond motifs is 1. The maximum atomic E-state index is 12.8. The highest BCUT2D eigenvalue weighted by Gasteiger charge is 2.36. The molecule has 3 aliphatic rings. The number of amides is 1. The molecule has 2 fully saturated rings. The van der Waals surface area contributed by atoms with Crippen LogP contribution in [0.15, 0.2) is 12.3 Å². The molecule has 0 N–H and O–H groups in total. The summed E-state index contributed by atoms with van der Waals surface area (Å²) in [5.74, 6) is 0.695. The molecule has 0 aromatic carbocycles. The Kier molecular flexibility index (Phi) is 4.33. The SMILES string of the molecule is O=C(C1CN(CC2CCOCC2)Cc2ccnn21)N1CCCO1. The first kappa shape index (κ1) is 15.1. The Morgan fingerprint density at radius 2 is 2.17 bits per heavy atom. The number of aromatic nitrogens is 2. The fraction of sp³-hybridized carbons (Fsp3) is 0.750. The molecule has 1 aromatic rings. The predicted octanol–water partition coefficient (Wildman–Crippen LogP) is 0.830. The molecule has 7 nitrogen and oxygen atoms in total. The van der Waals surface area contributed by atoms with Crippen LogP contribution in [0.4, 0.5) is 0 Å². The minimum Gasteiger partial charge on any atom is -0.381 e. The molecule has 126 valence electrons. The Morgan fingerprint density at radius 1 is 1.30 bits per heavy atom. The van der Waals surface area contributed by atoms with Crippen LogP contribution in [-0.4, -0.2) is 65.1 Å². The van der Waals surface area contributed by atoms with E-state index >= 15 is 0 Å². The van der Waals surface area contributed by atoms with E-state index < -0.39 is 0 Å². The summed E-state index contributed by atoms with van der Waals surface area (Å²) in [4.78, 5) is 20.6. The first-order chi connectivity index (χ1) is 11.3. The summed E-state index contributed by atoms with van der Waals surface area (Å²) in [6.07, 6.45) is 4.93. The number of hydroxylamine groups is 2. The van der Waals surface area contributed by atoms with Crippen LogP contribution in [0.2, 0.25) is 0 Å². The molecule has 0 aliphatic carbocycles. The van der Waals surface area contributed by atoms with Gasteiger partial charge in [-0.25, -0.2) is 5.06 Å². The largest absolute Gasteiger partial charge is 0.381 e. The average Bonchev–Trinajstić information content (AvgIpc) is 3.26. The molecular formula is C16H24N4O3. The Morgan fingerprint density at radius 3 is 2.96 bits per heavy atom. The number of rotatable bonds is 3. The van der Waals surface area contributed by atoms with Crippen LogP contribution in [0, 0.1) is 5.92 Å². The number of hydrogen-bond acceptors (Lipinski definition) is 5. The molecule has 23 heavy (non-hydrogen) atoms. The second kappa shape index (κ2) is 6.59. The average molecular weight is 320 g/mol. The molecule has 0 spiro atoms. The van der Waals surface area contributed by atoms with Crippen LogP contribution in [0.25, 0.3) is 0 Å². The molecule has 1 unspecified atom stereocenters. The molecule has 3 aliphatic heterocycles. The van der Waals surface area contributed by atoms with Crippen molar-refractivity contribution in [3.8, 4) is 0 Å². The van der Waals surface area contributed by atoms with E-state index in [1.807, 2.05) is 10.7 Å². The molecule has 0 bridgehead atoms. The molecule has 4 rings (SSSR count). The molecule has 1 atom stereocenters. The summed E-state index contributed by atoms with van der Waals surface area (Å²) in [7, 11) is 0. The number of carbonyl (C=O) groups is 1. The molecule has 1 amide bonds. The summed E-state index contributed by atoms with van der Waals surface area (Å²) in [5.41, 5.74) is 1.11. The topological polar surface area (TPSA) is 59.8 Å². The molecule has 7 heteroatoms. The Hall–Kier alpha value is -1.44. The van der Waals surface area contributed by atoms with E-state index in [1.54, 1.807) is 6.20 Å². The Balaban J connectivity index is 1.48. The number of ether oxygens (including phenoxy) is 1. The third kappa shape index (κ3) is 3.13. The van der Waals surface area contributed by atoms with E-state index in [1.165, 1.54) is 5.06 Å². The third-order valence-electron chi connectivity index (χ3n) is 5.01. The zero-order valence-corrected chi connectivity index (χ0v) is 13.4. The summed E-state index contributed by atoms with van der Waals surface area (Å²) >= 11 is 0. The molecule has 0 saturated carbocycles. The summed E-state index contributed by atoms with van der Waals surface area (Å²) in [5, 5.41) is 5.90. The standard InChI is InChI=1S/C16H24N4O3/c21-16(19-6-1-7-23-19)15-12-18(10-13-3-8-22-9-4-13)11-14-2-5-17-20(14)15/h2,5,13,15H,1,3-4,6-12H2. The van der Waals surface area contributed by atoms with Crippen molar-refractivity contribution in [3.05, 3.63) is 18.0 Å². The van der Waals surface area contributed by atoms with Gasteiger partial charge >= 0.3 is 0 Å². The van der Waals surface area contributed by atoms with E-state index in [0.29, 0.717) is 25.6 Å². The number of nitrogens with zero attached hydrogens (tertiary/aromatic N) is 4. The van der Waals surface area contributed by atoms with Crippen molar-refractivity contribution in [2.24, 2.45) is 5.92 Å². The molecule has 1 aromatic heterocycles. The zero-order chi connectivity index (χ0) is 15.6. The highest BCUT2D eigenvalue weighted by Crippen LogP contribution is 2.26. The van der Waals surface area contributed by atoms with Crippen LogP contribution in [0.1, 0.15) is 31.0 Å². The first-order valence-electron chi connectivity index (χ1n) is 8.58. The summed E-state index contributed by atoms with van der Waals surface area (Å²) in [6, 6.07) is 1.74. The smallest absolute Gasteiger partial charge is 0.272 e. The lowest BCUT2D eigenvalue weighted by atomic mass is 9.99. The third-order valence-corrected chi connectivity index (χ3v) is 5.01. The Labute approximate surface area is 136 Å². The van der Waals surface area contributed by atoms with Crippen LogP contribution in [-0.2, 0) is 20.9 Å². The fourth-order valence-electron chi connectivity index (χ4n) is 3.77. The van der Waals surface area contributed by atoms with Crippen molar-refractivity contribution in [2.75, 3.05) is 39.5 Å². The lowest BCUT2D eigenvalue weighted by molar-refractivity contribution is -0.174. The quantitative estimate of drug-likeness (QED) is 0.826. The summed E-state index contributed by atoms with van der Waals surface area (Å²) in [6.45, 7) is 5.65. The lowest BCUT2D eigenvalue weighted by Crippen LogP contribution is -2.47. The van der Waals surface area contributed by atoms with Gasteiger partial charge in [0.2, 0.25) is 0 Å². The van der Waals surface area contributed by atoms with Gasteiger partial charge < -0.3 is 4.74 Å². The van der Waals surface area contributed by atoms with E-state index in [-0.39, 0.29) is 11.9 Å². The van der Waals surface area contributed by atoms with E-state index in [0.717, 1.165) is 51.3 Å². The highest BCUT2D eigenvalue weighted by atomic mass is 16.7. The van der Waals surface area contributed by atoms with Crippen molar-refractivity contribution in [2.45, 2.75) is 31.8 Å². The lowest BCUT2D eigenvalue weighted by Gasteiger charge is -2.36. The molecule has 0 radical (unpaired) electrons. The van der Waals surface area contributed by atoms with Gasteiger partial charge in [0.05, 0.1) is 18.8 Å². The number of hydrogen-bond donors (Lipinski definition) is 0. The van der Waals surface area contributed by atoms with Crippen LogP contribution in [0.3, 0.4) is 0 Å². The van der Waals surface area contributed by atoms with Crippen molar-refractivity contribution >= 4 is 5.91 Å². The normalized spacial score (nSPS) is 26.4. The van der Waals surface area contributed by atoms with Gasteiger partial charge in [0.25, 0.3) is 5.91 Å². The molecule has 2 saturated heterocycles. The minimum atomic E-state index is -0.272. The maximum absolute atomic E-state index is 12.8. The van der Waals surface area contributed by atoms with Gasteiger partial charge in [-0.15, -0.1) is 0 Å². The Bertz CT molecular complexity index is 549. The highest BCUT2D eigenvalue weighted by molar-refractivity contribution is 5.80. The van der Waals surface area contributed by atoms with Crippen LogP contribution >= 0.6 is 0 Å². The van der Waals surface area contributed by atoms with Gasteiger partial charge in [-0.1, -0.05) is 0 Å². The van der Waals surface area contributed by atoms with Gasteiger partial charge in [0.15, 0.2) is 0 Å². The monoisotopic (exact) mass is 320 g/mol. The van der Waals surface area contributed by atoms with Crippen LogP contribution in [0.5, 0.6) is 0 Å². The van der Waals surface area contributed by atoms with Gasteiger partial charge in [0, 0.05) is 39.0 Å². The first-order valence-corrected chi connectivity index (χ1v) is 8.58. The van der Waals surface area contributed by atoms with Gasteiger partial charge in [-0.3, -0.25) is 19.2 Å². The second-order valence-electron chi connectivity index (χ2n) is 6.66. The zero-order valence-electron chi connectivity index (χ0n) is 13.4. The van der Waals surface area contributed by atoms with Gasteiger partial charge in [-0.05, 0) is 31.2 Å². The van der Waals surface area contributed by atoms with Gasteiger partial charge in [0.1, 0.15) is 6.04 Å². The fourth-order valence-corrected chi connectivity index (χ4v) is 3.77. The second-order valence-corrected chi connectivity index (χ2v) is 6.66. The minimum absolute atomic E-state index is 0.0316. The molecular weight excluding hydrogens is 296 g/mol. The van der Waals surface area contributed by atoms with Crippen molar-refractivity contribution in [3.63, 3.8) is 0 Å². The summed E-state index contributed by atoms with van der Waals surface area (Å²) < 4.78 is 7.33. The van der Waals surface area contributed by atoms with Crippen LogP contribution < -0.4 is 0 Å². The van der Waals surface area contributed by atoms with Crippen molar-refractivity contribution < 1.29 is 14.4 Å². The predicted molar refractivity (Wildman–Crippen MR) is 82.4 cm³/mol.